The molecule has 0 aliphatic carbocycles. The van der Waals surface area contributed by atoms with E-state index in [2.05, 4.69) is 5.10 Å². The summed E-state index contributed by atoms with van der Waals surface area (Å²) in [6, 6.07) is 9.10. The van der Waals surface area contributed by atoms with Crippen LogP contribution in [0.25, 0.3) is 5.69 Å². The lowest BCUT2D eigenvalue weighted by Gasteiger charge is -2.33. The maximum Gasteiger partial charge on any atom is 0.393 e. The van der Waals surface area contributed by atoms with Crippen LogP contribution < -0.4 is 0 Å². The number of carbonyl (C=O) groups is 1. The van der Waals surface area contributed by atoms with Crippen molar-refractivity contribution in [2.24, 2.45) is 5.92 Å². The minimum atomic E-state index is -4.23. The molecular weight excluding hydrogens is 319 g/mol. The molecule has 1 amide bonds. The smallest absolute Gasteiger partial charge is 0.342 e. The minimum Gasteiger partial charge on any atom is -0.342 e. The van der Waals surface area contributed by atoms with Crippen molar-refractivity contribution in [1.29, 1.82) is 0 Å². The Balaban J connectivity index is 1.62. The molecule has 0 spiro atoms. The zero-order chi connectivity index (χ0) is 17.2. The molecule has 2 heterocycles. The van der Waals surface area contributed by atoms with E-state index in [0.29, 0.717) is 13.0 Å². The summed E-state index contributed by atoms with van der Waals surface area (Å²) in [7, 11) is 0. The van der Waals surface area contributed by atoms with Crippen LogP contribution in [0.15, 0.2) is 42.7 Å². The summed E-state index contributed by atoms with van der Waals surface area (Å²) in [4.78, 5) is 13.6. The highest BCUT2D eigenvalue weighted by Crippen LogP contribution is 2.33. The second kappa shape index (κ2) is 6.67. The van der Waals surface area contributed by atoms with Crippen LogP contribution in [-0.2, 0) is 11.2 Å². The highest BCUT2D eigenvalue weighted by atomic mass is 19.4. The van der Waals surface area contributed by atoms with Crippen molar-refractivity contribution in [3.63, 3.8) is 0 Å². The number of carbonyl (C=O) groups excluding carboxylic acids is 1. The van der Waals surface area contributed by atoms with Gasteiger partial charge in [-0.2, -0.15) is 18.3 Å². The summed E-state index contributed by atoms with van der Waals surface area (Å²) in [5.41, 5.74) is 1.65. The molecule has 128 valence electrons. The average molecular weight is 337 g/mol. The first kappa shape index (κ1) is 16.5. The fourth-order valence-electron chi connectivity index (χ4n) is 2.95. The predicted octanol–water partition coefficient (Wildman–Crippen LogP) is 3.22. The topological polar surface area (TPSA) is 38.1 Å². The van der Waals surface area contributed by atoms with Crippen LogP contribution in [0.2, 0.25) is 0 Å². The molecule has 4 nitrogen and oxygen atoms in total. The lowest BCUT2D eigenvalue weighted by Crippen LogP contribution is -2.45. The van der Waals surface area contributed by atoms with E-state index in [-0.39, 0.29) is 25.3 Å². The third kappa shape index (κ3) is 3.77. The Morgan fingerprint density at radius 2 is 2.00 bits per heavy atom. The van der Waals surface area contributed by atoms with Crippen LogP contribution in [-0.4, -0.2) is 39.9 Å². The molecule has 3 rings (SSSR count). The Hall–Kier alpha value is -2.31. The summed E-state index contributed by atoms with van der Waals surface area (Å²) in [5, 5.41) is 4.12. The Morgan fingerprint density at radius 1 is 1.25 bits per heavy atom. The van der Waals surface area contributed by atoms with Crippen LogP contribution in [0.1, 0.15) is 18.4 Å². The Morgan fingerprint density at radius 3 is 2.62 bits per heavy atom. The highest BCUT2D eigenvalue weighted by Gasteiger charge is 2.42. The first-order valence-electron chi connectivity index (χ1n) is 7.87. The molecule has 24 heavy (non-hydrogen) atoms. The van der Waals surface area contributed by atoms with E-state index in [9.17, 15) is 18.0 Å². The van der Waals surface area contributed by atoms with Crippen LogP contribution in [0.5, 0.6) is 0 Å². The molecule has 1 atom stereocenters. The Labute approximate surface area is 137 Å². The lowest BCUT2D eigenvalue weighted by atomic mass is 9.97. The SMILES string of the molecule is O=C(Cc1ccc(-n2cccn2)cc1)N1CCC[C@H](C(F)(F)F)C1. The quantitative estimate of drug-likeness (QED) is 0.862. The number of nitrogens with zero attached hydrogens (tertiary/aromatic N) is 3. The standard InChI is InChI=1S/C17H18F3N3O/c18-17(19,20)14-3-1-9-22(12-14)16(24)11-13-4-6-15(7-5-13)23-10-2-8-21-23/h2,4-8,10,14H,1,3,9,11-12H2/t14-/m0/s1. The zero-order valence-electron chi connectivity index (χ0n) is 13.0. The maximum absolute atomic E-state index is 12.8. The van der Waals surface area contributed by atoms with Gasteiger partial charge in [0.2, 0.25) is 5.91 Å². The van der Waals surface area contributed by atoms with Crippen molar-refractivity contribution in [2.75, 3.05) is 13.1 Å². The normalized spacial score (nSPS) is 18.6. The largest absolute Gasteiger partial charge is 0.393 e. The average Bonchev–Trinajstić information content (AvgIpc) is 3.09. The molecule has 0 N–H and O–H groups in total. The van der Waals surface area contributed by atoms with Gasteiger partial charge in [-0.1, -0.05) is 12.1 Å². The molecule has 1 fully saturated rings. The number of hydrogen-bond acceptors (Lipinski definition) is 2. The number of piperidine rings is 1. The van der Waals surface area contributed by atoms with Gasteiger partial charge in [-0.05, 0) is 36.6 Å². The number of aromatic nitrogens is 2. The fourth-order valence-corrected chi connectivity index (χ4v) is 2.95. The maximum atomic E-state index is 12.8. The predicted molar refractivity (Wildman–Crippen MR) is 82.6 cm³/mol. The number of hydrogen-bond donors (Lipinski definition) is 0. The summed E-state index contributed by atoms with van der Waals surface area (Å²) in [6.45, 7) is 0.171. The van der Waals surface area contributed by atoms with Crippen LogP contribution in [0.4, 0.5) is 13.2 Å². The summed E-state index contributed by atoms with van der Waals surface area (Å²) in [5.74, 6) is -1.66. The second-order valence-corrected chi connectivity index (χ2v) is 6.01. The molecule has 2 aromatic rings. The number of alkyl halides is 3. The van der Waals surface area contributed by atoms with Gasteiger partial charge in [-0.15, -0.1) is 0 Å². The third-order valence-corrected chi connectivity index (χ3v) is 4.30. The number of rotatable bonds is 3. The molecule has 1 saturated heterocycles. The summed E-state index contributed by atoms with van der Waals surface area (Å²) in [6.07, 6.45) is -0.135. The number of likely N-dealkylation sites (tertiary alicyclic amines) is 1. The molecule has 0 bridgehead atoms. The van der Waals surface area contributed by atoms with Gasteiger partial charge in [0.15, 0.2) is 0 Å². The molecule has 0 radical (unpaired) electrons. The van der Waals surface area contributed by atoms with E-state index in [1.165, 1.54) is 4.90 Å². The first-order valence-corrected chi connectivity index (χ1v) is 7.87. The van der Waals surface area contributed by atoms with E-state index in [1.54, 1.807) is 23.0 Å². The van der Waals surface area contributed by atoms with Gasteiger partial charge in [0.1, 0.15) is 0 Å². The van der Waals surface area contributed by atoms with E-state index in [4.69, 9.17) is 0 Å². The van der Waals surface area contributed by atoms with Gasteiger partial charge in [0.25, 0.3) is 0 Å². The lowest BCUT2D eigenvalue weighted by molar-refractivity contribution is -0.187. The number of benzene rings is 1. The van der Waals surface area contributed by atoms with Crippen molar-refractivity contribution in [3.8, 4) is 5.69 Å². The van der Waals surface area contributed by atoms with Gasteiger partial charge >= 0.3 is 6.18 Å². The van der Waals surface area contributed by atoms with Crippen LogP contribution in [0, 0.1) is 5.92 Å². The van der Waals surface area contributed by atoms with E-state index in [0.717, 1.165) is 11.3 Å². The van der Waals surface area contributed by atoms with Crippen LogP contribution >= 0.6 is 0 Å². The van der Waals surface area contributed by atoms with Crippen molar-refractivity contribution in [3.05, 3.63) is 48.3 Å². The highest BCUT2D eigenvalue weighted by molar-refractivity contribution is 5.79. The minimum absolute atomic E-state index is 0.103. The molecule has 0 unspecified atom stereocenters. The summed E-state index contributed by atoms with van der Waals surface area (Å²) >= 11 is 0. The van der Waals surface area contributed by atoms with E-state index < -0.39 is 12.1 Å². The monoisotopic (exact) mass is 337 g/mol. The Kier molecular flexibility index (Phi) is 4.59. The van der Waals surface area contributed by atoms with Crippen LogP contribution in [0.3, 0.4) is 0 Å². The summed E-state index contributed by atoms with van der Waals surface area (Å²) < 4.78 is 40.2. The van der Waals surface area contributed by atoms with Gasteiger partial charge in [-0.25, -0.2) is 4.68 Å². The van der Waals surface area contributed by atoms with E-state index >= 15 is 0 Å². The molecular formula is C17H18F3N3O. The van der Waals surface area contributed by atoms with Crippen molar-refractivity contribution < 1.29 is 18.0 Å². The van der Waals surface area contributed by atoms with Crippen molar-refractivity contribution in [2.45, 2.75) is 25.4 Å². The molecule has 0 saturated carbocycles. The van der Waals surface area contributed by atoms with Gasteiger partial charge in [0, 0.05) is 25.5 Å². The first-order chi connectivity index (χ1) is 11.4. The van der Waals surface area contributed by atoms with Gasteiger partial charge < -0.3 is 4.90 Å². The molecule has 7 heteroatoms. The third-order valence-electron chi connectivity index (χ3n) is 4.30. The van der Waals surface area contributed by atoms with E-state index in [1.807, 2.05) is 24.4 Å². The second-order valence-electron chi connectivity index (χ2n) is 6.01. The molecule has 1 aliphatic heterocycles. The molecule has 1 aromatic heterocycles. The van der Waals surface area contributed by atoms with Crippen molar-refractivity contribution >= 4 is 5.91 Å². The van der Waals surface area contributed by atoms with Crippen molar-refractivity contribution in [1.82, 2.24) is 14.7 Å². The van der Waals surface area contributed by atoms with Gasteiger partial charge in [0.05, 0.1) is 18.0 Å². The molecule has 1 aromatic carbocycles. The number of amides is 1. The van der Waals surface area contributed by atoms with Gasteiger partial charge in [-0.3, -0.25) is 4.79 Å². The number of halogens is 3. The Bertz CT molecular complexity index is 680. The fraction of sp³-hybridized carbons (Fsp3) is 0.412. The molecule has 1 aliphatic rings. The zero-order valence-corrected chi connectivity index (χ0v) is 13.0.